The van der Waals surface area contributed by atoms with E-state index in [-0.39, 0.29) is 18.4 Å². The normalized spacial score (nSPS) is 29.1. The van der Waals surface area contributed by atoms with E-state index in [2.05, 4.69) is 0 Å². The summed E-state index contributed by atoms with van der Waals surface area (Å²) in [5, 5.41) is 9.27. The lowest BCUT2D eigenvalue weighted by atomic mass is 10.1. The molecule has 0 unspecified atom stereocenters. The third kappa shape index (κ3) is 2.10. The fourth-order valence-corrected chi connectivity index (χ4v) is 4.18. The molecule has 0 aromatic heterocycles. The highest BCUT2D eigenvalue weighted by molar-refractivity contribution is 7.91. The first-order valence-corrected chi connectivity index (χ1v) is 7.33. The summed E-state index contributed by atoms with van der Waals surface area (Å²) in [6.45, 7) is -0.102. The standard InChI is InChI=1S/C11H13ClO3S/c1-16(14,15)11-9(6-13)10(11)7-3-2-4-8(12)5-7/h2-5,9-11,13H,6H2,1H3/t9-,10+,11-/m1/s1. The van der Waals surface area contributed by atoms with E-state index in [1.54, 1.807) is 18.2 Å². The van der Waals surface area contributed by atoms with Crippen LogP contribution in [-0.2, 0) is 9.84 Å². The first-order chi connectivity index (χ1) is 7.45. The van der Waals surface area contributed by atoms with Gasteiger partial charge in [0.15, 0.2) is 9.84 Å². The third-order valence-corrected chi connectivity index (χ3v) is 4.90. The first kappa shape index (κ1) is 11.9. The predicted octanol–water partition coefficient (Wildman–Crippen LogP) is 1.46. The number of aliphatic hydroxyl groups excluding tert-OH is 1. The van der Waals surface area contributed by atoms with E-state index in [4.69, 9.17) is 16.7 Å². The average molecular weight is 261 g/mol. The van der Waals surface area contributed by atoms with Crippen molar-refractivity contribution in [1.82, 2.24) is 0 Å². The smallest absolute Gasteiger partial charge is 0.151 e. The molecular formula is C11H13ClO3S. The van der Waals surface area contributed by atoms with Crippen LogP contribution >= 0.6 is 11.6 Å². The van der Waals surface area contributed by atoms with Gasteiger partial charge in [0.05, 0.1) is 5.25 Å². The molecule has 0 bridgehead atoms. The molecule has 1 aliphatic carbocycles. The second-order valence-corrected chi connectivity index (χ2v) is 6.86. The highest BCUT2D eigenvalue weighted by Crippen LogP contribution is 2.51. The van der Waals surface area contributed by atoms with Crippen molar-refractivity contribution >= 4 is 21.4 Å². The summed E-state index contributed by atoms with van der Waals surface area (Å²) < 4.78 is 23.0. The number of hydrogen-bond acceptors (Lipinski definition) is 3. The van der Waals surface area contributed by atoms with Crippen LogP contribution in [0.2, 0.25) is 5.02 Å². The molecule has 3 nitrogen and oxygen atoms in total. The summed E-state index contributed by atoms with van der Waals surface area (Å²) in [5.74, 6) is -0.299. The molecule has 1 aromatic rings. The topological polar surface area (TPSA) is 54.4 Å². The van der Waals surface area contributed by atoms with Crippen molar-refractivity contribution in [1.29, 1.82) is 0 Å². The van der Waals surface area contributed by atoms with E-state index < -0.39 is 15.1 Å². The van der Waals surface area contributed by atoms with E-state index >= 15 is 0 Å². The molecule has 1 aliphatic rings. The molecule has 0 saturated heterocycles. The zero-order chi connectivity index (χ0) is 11.9. The van der Waals surface area contributed by atoms with Gasteiger partial charge in [-0.1, -0.05) is 23.7 Å². The van der Waals surface area contributed by atoms with Gasteiger partial charge in [-0.05, 0) is 17.7 Å². The zero-order valence-corrected chi connectivity index (χ0v) is 10.4. The van der Waals surface area contributed by atoms with Crippen LogP contribution in [0, 0.1) is 5.92 Å². The summed E-state index contributed by atoms with van der Waals surface area (Å²) in [5.41, 5.74) is 0.891. The number of aliphatic hydroxyl groups is 1. The lowest BCUT2D eigenvalue weighted by Crippen LogP contribution is -2.08. The molecule has 2 rings (SSSR count). The molecular weight excluding hydrogens is 248 g/mol. The molecule has 0 radical (unpaired) electrons. The van der Waals surface area contributed by atoms with Crippen LogP contribution in [-0.4, -0.2) is 31.6 Å². The van der Waals surface area contributed by atoms with Crippen molar-refractivity contribution in [2.75, 3.05) is 12.9 Å². The first-order valence-electron chi connectivity index (χ1n) is 5.00. The minimum absolute atomic E-state index is 0.102. The number of halogens is 1. The van der Waals surface area contributed by atoms with Crippen molar-refractivity contribution in [2.24, 2.45) is 5.92 Å². The van der Waals surface area contributed by atoms with Gasteiger partial charge in [-0.3, -0.25) is 0 Å². The summed E-state index contributed by atoms with van der Waals surface area (Å²) in [4.78, 5) is 0. The maximum atomic E-state index is 11.5. The summed E-state index contributed by atoms with van der Waals surface area (Å²) in [6, 6.07) is 7.16. The number of sulfone groups is 1. The molecule has 1 fully saturated rings. The number of rotatable bonds is 3. The van der Waals surface area contributed by atoms with Crippen LogP contribution in [0.25, 0.3) is 0 Å². The van der Waals surface area contributed by atoms with Crippen molar-refractivity contribution < 1.29 is 13.5 Å². The Bertz CT molecular complexity index is 498. The Morgan fingerprint density at radius 2 is 2.12 bits per heavy atom. The zero-order valence-electron chi connectivity index (χ0n) is 8.80. The molecule has 1 aromatic carbocycles. The lowest BCUT2D eigenvalue weighted by molar-refractivity contribution is 0.274. The SMILES string of the molecule is CS(=O)(=O)[C@@H]1[C@H](CO)[C@@H]1c1cccc(Cl)c1. The molecule has 5 heteroatoms. The van der Waals surface area contributed by atoms with Crippen molar-refractivity contribution in [2.45, 2.75) is 11.2 Å². The van der Waals surface area contributed by atoms with E-state index in [9.17, 15) is 8.42 Å². The van der Waals surface area contributed by atoms with E-state index in [0.29, 0.717) is 5.02 Å². The molecule has 3 atom stereocenters. The molecule has 0 spiro atoms. The maximum absolute atomic E-state index is 11.5. The van der Waals surface area contributed by atoms with Crippen LogP contribution in [0.1, 0.15) is 11.5 Å². The van der Waals surface area contributed by atoms with Gasteiger partial charge in [-0.25, -0.2) is 8.42 Å². The van der Waals surface area contributed by atoms with Gasteiger partial charge in [0.2, 0.25) is 0 Å². The fourth-order valence-electron chi connectivity index (χ4n) is 2.29. The van der Waals surface area contributed by atoms with Gasteiger partial charge in [-0.2, -0.15) is 0 Å². The van der Waals surface area contributed by atoms with Gasteiger partial charge >= 0.3 is 0 Å². The summed E-state index contributed by atoms with van der Waals surface area (Å²) in [6.07, 6.45) is 1.21. The maximum Gasteiger partial charge on any atom is 0.151 e. The van der Waals surface area contributed by atoms with Gasteiger partial charge < -0.3 is 5.11 Å². The molecule has 1 N–H and O–H groups in total. The molecule has 0 aliphatic heterocycles. The Balaban J connectivity index is 2.30. The van der Waals surface area contributed by atoms with Crippen LogP contribution in [0.15, 0.2) is 24.3 Å². The predicted molar refractivity (Wildman–Crippen MR) is 63.4 cm³/mol. The second kappa shape index (κ2) is 4.02. The average Bonchev–Trinajstić information content (AvgIpc) is 2.91. The van der Waals surface area contributed by atoms with Crippen molar-refractivity contribution in [3.05, 3.63) is 34.9 Å². The van der Waals surface area contributed by atoms with Gasteiger partial charge in [-0.15, -0.1) is 0 Å². The van der Waals surface area contributed by atoms with E-state index in [0.717, 1.165) is 5.56 Å². The van der Waals surface area contributed by atoms with E-state index in [1.165, 1.54) is 6.26 Å². The Morgan fingerprint density at radius 1 is 1.44 bits per heavy atom. The third-order valence-electron chi connectivity index (χ3n) is 3.04. The quantitative estimate of drug-likeness (QED) is 0.895. The van der Waals surface area contributed by atoms with Crippen molar-refractivity contribution in [3.63, 3.8) is 0 Å². The van der Waals surface area contributed by atoms with Crippen molar-refractivity contribution in [3.8, 4) is 0 Å². The molecule has 0 heterocycles. The Labute approximate surface area is 100.0 Å². The minimum Gasteiger partial charge on any atom is -0.396 e. The van der Waals surface area contributed by atoms with E-state index in [1.807, 2.05) is 6.07 Å². The number of hydrogen-bond donors (Lipinski definition) is 1. The molecule has 16 heavy (non-hydrogen) atoms. The lowest BCUT2D eigenvalue weighted by Gasteiger charge is -1.99. The highest BCUT2D eigenvalue weighted by Gasteiger charge is 2.56. The highest BCUT2D eigenvalue weighted by atomic mass is 35.5. The van der Waals surface area contributed by atoms with Crippen LogP contribution < -0.4 is 0 Å². The number of benzene rings is 1. The van der Waals surface area contributed by atoms with Crippen LogP contribution in [0.4, 0.5) is 0 Å². The van der Waals surface area contributed by atoms with Crippen LogP contribution in [0.3, 0.4) is 0 Å². The summed E-state index contributed by atoms with van der Waals surface area (Å²) in [7, 11) is -3.10. The summed E-state index contributed by atoms with van der Waals surface area (Å²) >= 11 is 5.86. The van der Waals surface area contributed by atoms with Gasteiger partial charge in [0, 0.05) is 29.7 Å². The Kier molecular flexibility index (Phi) is 2.99. The molecule has 88 valence electrons. The molecule has 1 saturated carbocycles. The minimum atomic E-state index is -3.10. The second-order valence-electron chi connectivity index (χ2n) is 4.22. The van der Waals surface area contributed by atoms with Gasteiger partial charge in [0.1, 0.15) is 0 Å². The largest absolute Gasteiger partial charge is 0.396 e. The Morgan fingerprint density at radius 3 is 2.56 bits per heavy atom. The van der Waals surface area contributed by atoms with Crippen LogP contribution in [0.5, 0.6) is 0 Å². The molecule has 0 amide bonds. The van der Waals surface area contributed by atoms with Gasteiger partial charge in [0.25, 0.3) is 0 Å². The monoisotopic (exact) mass is 260 g/mol. The fraction of sp³-hybridized carbons (Fsp3) is 0.455. The Hall–Kier alpha value is -0.580.